The lowest BCUT2D eigenvalue weighted by Crippen LogP contribution is -2.49. The quantitative estimate of drug-likeness (QED) is 0.864. The van der Waals surface area contributed by atoms with Gasteiger partial charge in [-0.05, 0) is 50.8 Å². The Hall–Kier alpha value is -2.96. The highest BCUT2D eigenvalue weighted by Gasteiger charge is 2.38. The van der Waals surface area contributed by atoms with Crippen LogP contribution in [0.1, 0.15) is 53.5 Å². The first-order chi connectivity index (χ1) is 14.0. The molecule has 1 unspecified atom stereocenters. The molecule has 3 heterocycles. The summed E-state index contributed by atoms with van der Waals surface area (Å²) in [4.78, 5) is 38.5. The van der Waals surface area contributed by atoms with Crippen LogP contribution in [0.2, 0.25) is 0 Å². The number of likely N-dealkylation sites (tertiary alicyclic amines) is 2. The zero-order valence-corrected chi connectivity index (χ0v) is 16.6. The monoisotopic (exact) mass is 394 g/mol. The molecule has 152 valence electrons. The number of aromatic nitrogens is 2. The number of benzene rings is 1. The van der Waals surface area contributed by atoms with E-state index < -0.39 is 6.04 Å². The maximum atomic E-state index is 13.2. The molecule has 29 heavy (non-hydrogen) atoms. The number of rotatable bonds is 3. The largest absolute Gasteiger partial charge is 0.507 e. The zero-order valence-electron chi connectivity index (χ0n) is 16.6. The molecule has 4 rings (SSSR count). The van der Waals surface area contributed by atoms with Crippen molar-refractivity contribution in [1.82, 2.24) is 19.8 Å². The molecule has 7 nitrogen and oxygen atoms in total. The first-order valence-electron chi connectivity index (χ1n) is 10.2. The molecule has 2 aromatic rings. The van der Waals surface area contributed by atoms with E-state index in [0.717, 1.165) is 30.8 Å². The van der Waals surface area contributed by atoms with Gasteiger partial charge in [0.25, 0.3) is 5.91 Å². The van der Waals surface area contributed by atoms with Crippen molar-refractivity contribution in [3.8, 4) is 5.75 Å². The summed E-state index contributed by atoms with van der Waals surface area (Å²) in [5, 5.41) is 10.0. The van der Waals surface area contributed by atoms with Gasteiger partial charge in [0.05, 0.1) is 5.56 Å². The summed E-state index contributed by atoms with van der Waals surface area (Å²) in [5.74, 6) is 0.808. The Morgan fingerprint density at radius 1 is 1.07 bits per heavy atom. The van der Waals surface area contributed by atoms with E-state index >= 15 is 0 Å². The van der Waals surface area contributed by atoms with E-state index in [2.05, 4.69) is 9.97 Å². The first-order valence-corrected chi connectivity index (χ1v) is 10.2. The topological polar surface area (TPSA) is 86.6 Å². The molecule has 0 aliphatic carbocycles. The van der Waals surface area contributed by atoms with E-state index in [1.54, 1.807) is 29.3 Å². The average molecular weight is 394 g/mol. The van der Waals surface area contributed by atoms with E-state index in [-0.39, 0.29) is 29.0 Å². The summed E-state index contributed by atoms with van der Waals surface area (Å²) in [6.45, 7) is 3.79. The van der Waals surface area contributed by atoms with Gasteiger partial charge >= 0.3 is 0 Å². The Bertz CT molecular complexity index is 908. The molecule has 1 aromatic carbocycles. The van der Waals surface area contributed by atoms with Crippen LogP contribution in [0.15, 0.2) is 36.5 Å². The van der Waals surface area contributed by atoms with Gasteiger partial charge in [0.2, 0.25) is 5.91 Å². The highest BCUT2D eigenvalue weighted by Crippen LogP contribution is 2.29. The van der Waals surface area contributed by atoms with Gasteiger partial charge in [-0.15, -0.1) is 0 Å². The number of amides is 2. The summed E-state index contributed by atoms with van der Waals surface area (Å²) in [6, 6.07) is 7.94. The number of nitrogens with zero attached hydrogens (tertiary/aromatic N) is 4. The molecule has 0 saturated carbocycles. The summed E-state index contributed by atoms with van der Waals surface area (Å²) in [5.41, 5.74) is 1.21. The first kappa shape index (κ1) is 19.4. The minimum Gasteiger partial charge on any atom is -0.507 e. The SMILES string of the molecule is Cc1ccnc(C2CCN(C(=O)C3CCCN3C(=O)c3ccccc3O)CC2)n1. The van der Waals surface area contributed by atoms with Gasteiger partial charge in [0.1, 0.15) is 17.6 Å². The number of aromatic hydroxyl groups is 1. The molecule has 2 aliphatic heterocycles. The summed E-state index contributed by atoms with van der Waals surface area (Å²) < 4.78 is 0. The van der Waals surface area contributed by atoms with Crippen molar-refractivity contribution in [3.63, 3.8) is 0 Å². The summed E-state index contributed by atoms with van der Waals surface area (Å²) in [7, 11) is 0. The molecule has 2 saturated heterocycles. The minimum atomic E-state index is -0.450. The number of phenolic OH excluding ortho intramolecular Hbond substituents is 1. The average Bonchev–Trinajstić information content (AvgIpc) is 3.23. The smallest absolute Gasteiger partial charge is 0.258 e. The van der Waals surface area contributed by atoms with Crippen LogP contribution in [0.5, 0.6) is 5.75 Å². The van der Waals surface area contributed by atoms with E-state index in [0.29, 0.717) is 26.1 Å². The number of carbonyl (C=O) groups excluding carboxylic acids is 2. The highest BCUT2D eigenvalue weighted by atomic mass is 16.3. The number of carbonyl (C=O) groups is 2. The second-order valence-electron chi connectivity index (χ2n) is 7.83. The standard InChI is InChI=1S/C22H26N4O3/c1-15-8-11-23-20(24-15)16-9-13-25(14-10-16)22(29)18-6-4-12-26(18)21(28)17-5-2-3-7-19(17)27/h2-3,5,7-8,11,16,18,27H,4,6,9-10,12-14H2,1H3. The van der Waals surface area contributed by atoms with Gasteiger partial charge in [0, 0.05) is 37.4 Å². The molecule has 1 atom stereocenters. The molecule has 2 amide bonds. The van der Waals surface area contributed by atoms with E-state index in [9.17, 15) is 14.7 Å². The maximum absolute atomic E-state index is 13.2. The Labute approximate surface area is 170 Å². The fraction of sp³-hybridized carbons (Fsp3) is 0.455. The van der Waals surface area contributed by atoms with Gasteiger partial charge in [-0.3, -0.25) is 9.59 Å². The van der Waals surface area contributed by atoms with Crippen molar-refractivity contribution in [1.29, 1.82) is 0 Å². The molecule has 2 aliphatic rings. The number of para-hydroxylation sites is 1. The van der Waals surface area contributed by atoms with Gasteiger partial charge in [-0.25, -0.2) is 9.97 Å². The lowest BCUT2D eigenvalue weighted by Gasteiger charge is -2.35. The minimum absolute atomic E-state index is 0.00915. The van der Waals surface area contributed by atoms with Gasteiger partial charge in [-0.1, -0.05) is 12.1 Å². The molecule has 0 radical (unpaired) electrons. The Morgan fingerprint density at radius 3 is 2.55 bits per heavy atom. The van der Waals surface area contributed by atoms with Gasteiger partial charge in [-0.2, -0.15) is 0 Å². The van der Waals surface area contributed by atoms with Gasteiger partial charge < -0.3 is 14.9 Å². The number of piperidine rings is 1. The third-order valence-electron chi connectivity index (χ3n) is 5.92. The van der Waals surface area contributed by atoms with Gasteiger partial charge in [0.15, 0.2) is 0 Å². The zero-order chi connectivity index (χ0) is 20.4. The predicted octanol–water partition coefficient (Wildman–Crippen LogP) is 2.50. The molecule has 0 bridgehead atoms. The Kier molecular flexibility index (Phi) is 5.47. The lowest BCUT2D eigenvalue weighted by atomic mass is 9.95. The molecule has 1 aromatic heterocycles. The second kappa shape index (κ2) is 8.19. The number of hydrogen-bond donors (Lipinski definition) is 1. The number of aryl methyl sites for hydroxylation is 1. The van der Waals surface area contributed by atoms with Crippen molar-refractivity contribution in [2.75, 3.05) is 19.6 Å². The predicted molar refractivity (Wildman–Crippen MR) is 107 cm³/mol. The molecular formula is C22H26N4O3. The summed E-state index contributed by atoms with van der Waals surface area (Å²) >= 11 is 0. The molecule has 1 N–H and O–H groups in total. The highest BCUT2D eigenvalue weighted by molar-refractivity contribution is 5.99. The third kappa shape index (κ3) is 3.95. The van der Waals surface area contributed by atoms with Crippen LogP contribution in [0.25, 0.3) is 0 Å². The van der Waals surface area contributed by atoms with Crippen LogP contribution in [0.3, 0.4) is 0 Å². The van der Waals surface area contributed by atoms with Crippen LogP contribution >= 0.6 is 0 Å². The van der Waals surface area contributed by atoms with E-state index in [4.69, 9.17) is 0 Å². The number of phenols is 1. The van der Waals surface area contributed by atoms with E-state index in [1.165, 1.54) is 6.07 Å². The Balaban J connectivity index is 1.42. The van der Waals surface area contributed by atoms with Crippen molar-refractivity contribution in [2.24, 2.45) is 0 Å². The van der Waals surface area contributed by atoms with Crippen LogP contribution in [-0.2, 0) is 4.79 Å². The number of hydrogen-bond acceptors (Lipinski definition) is 5. The molecule has 2 fully saturated rings. The van der Waals surface area contributed by atoms with Crippen molar-refractivity contribution in [2.45, 2.75) is 44.6 Å². The molecule has 0 spiro atoms. The molecule has 7 heteroatoms. The van der Waals surface area contributed by atoms with Crippen molar-refractivity contribution < 1.29 is 14.7 Å². The van der Waals surface area contributed by atoms with Crippen molar-refractivity contribution in [3.05, 3.63) is 53.6 Å². The van der Waals surface area contributed by atoms with Crippen LogP contribution in [0, 0.1) is 6.92 Å². The lowest BCUT2D eigenvalue weighted by molar-refractivity contribution is -0.136. The normalized spacial score (nSPS) is 20.1. The van der Waals surface area contributed by atoms with E-state index in [1.807, 2.05) is 17.9 Å². The Morgan fingerprint density at radius 2 is 1.83 bits per heavy atom. The molecular weight excluding hydrogens is 368 g/mol. The van der Waals surface area contributed by atoms with Crippen molar-refractivity contribution >= 4 is 11.8 Å². The fourth-order valence-corrected chi connectivity index (χ4v) is 4.31. The maximum Gasteiger partial charge on any atom is 0.258 e. The second-order valence-corrected chi connectivity index (χ2v) is 7.83. The van der Waals surface area contributed by atoms with Crippen LogP contribution in [-0.4, -0.2) is 62.4 Å². The fourth-order valence-electron chi connectivity index (χ4n) is 4.31. The van der Waals surface area contributed by atoms with Crippen LogP contribution in [0.4, 0.5) is 0 Å². The third-order valence-corrected chi connectivity index (χ3v) is 5.92. The van der Waals surface area contributed by atoms with Crippen LogP contribution < -0.4 is 0 Å². The summed E-state index contributed by atoms with van der Waals surface area (Å²) in [6.07, 6.45) is 4.91.